The third-order valence-corrected chi connectivity index (χ3v) is 4.92. The zero-order chi connectivity index (χ0) is 16.4. The van der Waals surface area contributed by atoms with Crippen molar-refractivity contribution in [3.63, 3.8) is 0 Å². The molecule has 2 heterocycles. The number of nitrogens with zero attached hydrogens (tertiary/aromatic N) is 3. The molecule has 1 atom stereocenters. The first-order chi connectivity index (χ1) is 11.0. The molecular weight excluding hydrogens is 392 g/mol. The first-order valence-electron chi connectivity index (χ1n) is 7.82. The minimum absolute atomic E-state index is 0. The van der Waals surface area contributed by atoms with E-state index < -0.39 is 5.54 Å². The molecule has 0 radical (unpaired) electrons. The first-order valence-corrected chi connectivity index (χ1v) is 8.61. The number of piperidine rings is 1. The minimum atomic E-state index is -0.983. The third kappa shape index (κ3) is 3.82. The number of hydrogen-bond acceptors (Lipinski definition) is 3. The predicted molar refractivity (Wildman–Crippen MR) is 100 cm³/mol. The molecule has 2 aromatic rings. The number of aromatic nitrogens is 2. The number of amides is 1. The summed E-state index contributed by atoms with van der Waals surface area (Å²) in [6.07, 6.45) is 5.57. The Labute approximate surface area is 156 Å². The van der Waals surface area contributed by atoms with Crippen molar-refractivity contribution in [1.82, 2.24) is 14.7 Å². The Hall–Kier alpha value is -1.37. The fraction of sp³-hybridized carbons (Fsp3) is 0.412. The summed E-state index contributed by atoms with van der Waals surface area (Å²) in [4.78, 5) is 14.7. The van der Waals surface area contributed by atoms with Crippen molar-refractivity contribution in [1.29, 1.82) is 0 Å². The number of likely N-dealkylation sites (tertiary alicyclic amines) is 1. The molecule has 1 saturated heterocycles. The van der Waals surface area contributed by atoms with E-state index >= 15 is 0 Å². The molecule has 2 N–H and O–H groups in total. The molecular formula is C17H22BrClN4O. The molecule has 0 spiro atoms. The lowest BCUT2D eigenvalue weighted by Crippen LogP contribution is -2.53. The van der Waals surface area contributed by atoms with Gasteiger partial charge in [-0.3, -0.25) is 9.48 Å². The van der Waals surface area contributed by atoms with Crippen molar-refractivity contribution in [3.8, 4) is 0 Å². The highest BCUT2D eigenvalue weighted by molar-refractivity contribution is 9.10. The molecule has 1 aromatic carbocycles. The van der Waals surface area contributed by atoms with Gasteiger partial charge in [-0.15, -0.1) is 12.4 Å². The van der Waals surface area contributed by atoms with Crippen LogP contribution in [0.1, 0.15) is 31.4 Å². The molecule has 1 unspecified atom stereocenters. The molecule has 1 amide bonds. The average molecular weight is 414 g/mol. The molecule has 1 aromatic heterocycles. The van der Waals surface area contributed by atoms with Gasteiger partial charge in [0.1, 0.15) is 5.54 Å². The lowest BCUT2D eigenvalue weighted by atomic mass is 9.90. The summed E-state index contributed by atoms with van der Waals surface area (Å²) in [5.41, 5.74) is 6.21. The van der Waals surface area contributed by atoms with E-state index in [-0.39, 0.29) is 18.3 Å². The summed E-state index contributed by atoms with van der Waals surface area (Å²) in [5, 5.41) is 4.35. The second-order valence-electron chi connectivity index (χ2n) is 6.23. The van der Waals surface area contributed by atoms with E-state index in [1.165, 1.54) is 0 Å². The van der Waals surface area contributed by atoms with E-state index in [9.17, 15) is 4.79 Å². The van der Waals surface area contributed by atoms with Crippen LogP contribution in [0.4, 0.5) is 0 Å². The van der Waals surface area contributed by atoms with Crippen LogP contribution in [0.2, 0.25) is 0 Å². The molecule has 1 aliphatic rings. The van der Waals surface area contributed by atoms with Crippen molar-refractivity contribution in [2.24, 2.45) is 5.73 Å². The van der Waals surface area contributed by atoms with E-state index in [1.807, 2.05) is 46.1 Å². The third-order valence-electron chi connectivity index (χ3n) is 4.51. The predicted octanol–water partition coefficient (Wildman–Crippen LogP) is 3.11. The van der Waals surface area contributed by atoms with Crippen LogP contribution >= 0.6 is 28.3 Å². The first kappa shape index (κ1) is 19.0. The number of benzene rings is 1. The number of carbonyl (C=O) groups is 1. The zero-order valence-electron chi connectivity index (χ0n) is 13.6. The van der Waals surface area contributed by atoms with Crippen LogP contribution in [0, 0.1) is 0 Å². The van der Waals surface area contributed by atoms with Crippen LogP contribution in [-0.2, 0) is 10.3 Å². The molecule has 130 valence electrons. The highest BCUT2D eigenvalue weighted by atomic mass is 79.9. The quantitative estimate of drug-likeness (QED) is 0.841. The Kier molecular flexibility index (Phi) is 6.06. The number of rotatable bonds is 3. The van der Waals surface area contributed by atoms with Gasteiger partial charge in [-0.1, -0.05) is 30.3 Å². The summed E-state index contributed by atoms with van der Waals surface area (Å²) in [5.74, 6) is -0.0104. The van der Waals surface area contributed by atoms with Crippen LogP contribution in [0.3, 0.4) is 0 Å². The number of halogens is 2. The van der Waals surface area contributed by atoms with Gasteiger partial charge in [0.2, 0.25) is 5.91 Å². The molecule has 0 saturated carbocycles. The van der Waals surface area contributed by atoms with E-state index in [1.54, 1.807) is 13.1 Å². The van der Waals surface area contributed by atoms with E-state index in [0.29, 0.717) is 19.1 Å². The number of nitrogens with two attached hydrogens (primary N) is 1. The van der Waals surface area contributed by atoms with Crippen molar-refractivity contribution < 1.29 is 4.79 Å². The monoisotopic (exact) mass is 412 g/mol. The second-order valence-corrected chi connectivity index (χ2v) is 7.15. The van der Waals surface area contributed by atoms with Crippen molar-refractivity contribution >= 4 is 34.2 Å². The van der Waals surface area contributed by atoms with Gasteiger partial charge in [0.05, 0.1) is 16.7 Å². The molecule has 5 nitrogen and oxygen atoms in total. The fourth-order valence-electron chi connectivity index (χ4n) is 3.08. The molecule has 3 rings (SSSR count). The minimum Gasteiger partial charge on any atom is -0.341 e. The van der Waals surface area contributed by atoms with Gasteiger partial charge in [-0.25, -0.2) is 0 Å². The summed E-state index contributed by atoms with van der Waals surface area (Å²) in [7, 11) is 0. The van der Waals surface area contributed by atoms with Gasteiger partial charge in [-0.05, 0) is 41.3 Å². The lowest BCUT2D eigenvalue weighted by molar-refractivity contribution is -0.138. The van der Waals surface area contributed by atoms with E-state index in [2.05, 4.69) is 21.0 Å². The zero-order valence-corrected chi connectivity index (χ0v) is 16.0. The fourth-order valence-corrected chi connectivity index (χ4v) is 3.39. The summed E-state index contributed by atoms with van der Waals surface area (Å²) in [6.45, 7) is 3.21. The SMILES string of the molecule is CC(N)(C(=O)N1CCC(n2cc(Br)cn2)CC1)c1ccccc1.Cl. The van der Waals surface area contributed by atoms with Crippen molar-refractivity contribution in [2.75, 3.05) is 13.1 Å². The van der Waals surface area contributed by atoms with E-state index in [4.69, 9.17) is 5.73 Å². The van der Waals surface area contributed by atoms with Crippen LogP contribution in [-0.4, -0.2) is 33.7 Å². The van der Waals surface area contributed by atoms with Gasteiger partial charge in [0.25, 0.3) is 0 Å². The highest BCUT2D eigenvalue weighted by Gasteiger charge is 2.36. The second kappa shape index (κ2) is 7.68. The van der Waals surface area contributed by atoms with Crippen LogP contribution in [0.5, 0.6) is 0 Å². The molecule has 0 bridgehead atoms. The van der Waals surface area contributed by atoms with Crippen LogP contribution < -0.4 is 5.73 Å². The molecule has 7 heteroatoms. The van der Waals surface area contributed by atoms with Crippen molar-refractivity contribution in [3.05, 3.63) is 52.8 Å². The van der Waals surface area contributed by atoms with Gasteiger partial charge in [0.15, 0.2) is 0 Å². The standard InChI is InChI=1S/C17H21BrN4O.ClH/c1-17(19,13-5-3-2-4-6-13)16(23)21-9-7-15(8-10-21)22-12-14(18)11-20-22;/h2-6,11-12,15H,7-10,19H2,1H3;1H. The van der Waals surface area contributed by atoms with Gasteiger partial charge >= 0.3 is 0 Å². The normalized spacial score (nSPS) is 17.9. The Bertz CT molecular complexity index is 681. The largest absolute Gasteiger partial charge is 0.341 e. The molecule has 1 fully saturated rings. The maximum Gasteiger partial charge on any atom is 0.246 e. The lowest BCUT2D eigenvalue weighted by Gasteiger charge is -2.37. The summed E-state index contributed by atoms with van der Waals surface area (Å²) in [6, 6.07) is 9.91. The summed E-state index contributed by atoms with van der Waals surface area (Å²) < 4.78 is 2.96. The molecule has 1 aliphatic heterocycles. The van der Waals surface area contributed by atoms with Gasteiger partial charge in [-0.2, -0.15) is 5.10 Å². The smallest absolute Gasteiger partial charge is 0.246 e. The van der Waals surface area contributed by atoms with Crippen molar-refractivity contribution in [2.45, 2.75) is 31.3 Å². The topological polar surface area (TPSA) is 64.2 Å². The van der Waals surface area contributed by atoms with Crippen LogP contribution in [0.25, 0.3) is 0 Å². The average Bonchev–Trinajstić information content (AvgIpc) is 3.01. The highest BCUT2D eigenvalue weighted by Crippen LogP contribution is 2.27. The number of carbonyl (C=O) groups excluding carboxylic acids is 1. The maximum absolute atomic E-state index is 12.8. The molecule has 0 aliphatic carbocycles. The van der Waals surface area contributed by atoms with Gasteiger partial charge < -0.3 is 10.6 Å². The Morgan fingerprint density at radius 3 is 2.46 bits per heavy atom. The Morgan fingerprint density at radius 2 is 1.92 bits per heavy atom. The van der Waals surface area contributed by atoms with Gasteiger partial charge in [0, 0.05) is 19.3 Å². The van der Waals surface area contributed by atoms with Crippen LogP contribution in [0.15, 0.2) is 47.2 Å². The Morgan fingerprint density at radius 1 is 1.29 bits per heavy atom. The summed E-state index contributed by atoms with van der Waals surface area (Å²) >= 11 is 3.42. The number of hydrogen-bond donors (Lipinski definition) is 1. The molecule has 24 heavy (non-hydrogen) atoms. The Balaban J connectivity index is 0.00000208. The van der Waals surface area contributed by atoms with E-state index in [0.717, 1.165) is 22.9 Å². The maximum atomic E-state index is 12.8.